The van der Waals surface area contributed by atoms with Gasteiger partial charge in [-0.3, -0.25) is 0 Å². The molecule has 0 fully saturated rings. The first-order valence-corrected chi connectivity index (χ1v) is 19.8. The summed E-state index contributed by atoms with van der Waals surface area (Å²) >= 11 is 0. The summed E-state index contributed by atoms with van der Waals surface area (Å²) in [5.41, 5.74) is -5.03. The molecule has 47 heavy (non-hydrogen) atoms. The Kier molecular flexibility index (Phi) is 10.1. The molecular formula is C33H30F7NO3P2S. The van der Waals surface area contributed by atoms with E-state index in [1.165, 1.54) is 48.5 Å². The van der Waals surface area contributed by atoms with Crippen LogP contribution in [0.25, 0.3) is 0 Å². The Morgan fingerprint density at radius 3 is 0.979 bits per heavy atom. The number of rotatable bonds is 8. The molecule has 4 nitrogen and oxygen atoms in total. The molecule has 0 aliphatic carbocycles. The van der Waals surface area contributed by atoms with Crippen LogP contribution in [0.5, 0.6) is 0 Å². The van der Waals surface area contributed by atoms with Gasteiger partial charge in [-0.05, 0) is 0 Å². The van der Waals surface area contributed by atoms with Crippen LogP contribution in [0.2, 0.25) is 0 Å². The van der Waals surface area contributed by atoms with Crippen LogP contribution in [0.1, 0.15) is 11.4 Å². The molecule has 4 aromatic carbocycles. The van der Waals surface area contributed by atoms with Crippen molar-refractivity contribution in [3.8, 4) is 0 Å². The third-order valence-electron chi connectivity index (χ3n) is 7.65. The Bertz CT molecular complexity index is 1730. The zero-order valence-corrected chi connectivity index (χ0v) is 27.4. The fraction of sp³-hybridized carbons (Fsp3) is 0.121. The molecule has 5 aromatic rings. The van der Waals surface area contributed by atoms with Crippen LogP contribution in [0.15, 0.2) is 140 Å². The minimum Gasteiger partial charge on any atom is -0.741 e. The second kappa shape index (κ2) is 13.1. The molecule has 0 spiro atoms. The first-order chi connectivity index (χ1) is 21.8. The second-order valence-corrected chi connectivity index (χ2v) is 19.1. The summed E-state index contributed by atoms with van der Waals surface area (Å²) in [5.74, 6) is 0. The quantitative estimate of drug-likeness (QED) is 0.0550. The molecule has 1 aromatic heterocycles. The summed E-state index contributed by atoms with van der Waals surface area (Å²) in [6.07, 6.45) is -1.12. The summed E-state index contributed by atoms with van der Waals surface area (Å²) in [7, 11) is -15.9. The SMILES string of the molecule is C[n+]1c(CP(F)(F)(c2ccccc2)c2ccccc2)cccc1CP(F)(F)(c1ccccc1)c1ccccc1.O=S(=O)([O-])C(F)(F)F. The van der Waals surface area contributed by atoms with Crippen LogP contribution in [0, 0.1) is 0 Å². The third-order valence-corrected chi connectivity index (χ3v) is 15.2. The predicted molar refractivity (Wildman–Crippen MR) is 173 cm³/mol. The van der Waals surface area contributed by atoms with Gasteiger partial charge in [-0.15, -0.1) is 0 Å². The summed E-state index contributed by atoms with van der Waals surface area (Å²) < 4.78 is 129. The van der Waals surface area contributed by atoms with Crippen LogP contribution >= 0.6 is 14.4 Å². The zero-order valence-electron chi connectivity index (χ0n) is 24.8. The van der Waals surface area contributed by atoms with Crippen molar-refractivity contribution < 1.29 is 47.5 Å². The zero-order chi connectivity index (χ0) is 34.6. The van der Waals surface area contributed by atoms with Crippen LogP contribution < -0.4 is 25.8 Å². The molecule has 14 heteroatoms. The predicted octanol–water partition coefficient (Wildman–Crippen LogP) is 7.51. The van der Waals surface area contributed by atoms with Crippen LogP contribution in [0.4, 0.5) is 30.0 Å². The van der Waals surface area contributed by atoms with E-state index in [9.17, 15) is 13.2 Å². The molecule has 0 unspecified atom stereocenters. The molecule has 1 heterocycles. The topological polar surface area (TPSA) is 61.1 Å². The van der Waals surface area contributed by atoms with Crippen molar-refractivity contribution in [2.45, 2.75) is 17.8 Å². The minimum absolute atomic E-state index is 0.0238. The molecule has 5 rings (SSSR count). The van der Waals surface area contributed by atoms with E-state index < -0.39 is 42.4 Å². The van der Waals surface area contributed by atoms with Gasteiger partial charge in [0.25, 0.3) is 0 Å². The van der Waals surface area contributed by atoms with Crippen molar-refractivity contribution in [2.24, 2.45) is 7.05 Å². The van der Waals surface area contributed by atoms with Gasteiger partial charge in [0, 0.05) is 0 Å². The van der Waals surface area contributed by atoms with E-state index in [1.54, 1.807) is 103 Å². The number of aromatic nitrogens is 1. The van der Waals surface area contributed by atoms with Gasteiger partial charge in [0.1, 0.15) is 0 Å². The van der Waals surface area contributed by atoms with Crippen molar-refractivity contribution >= 4 is 45.8 Å². The van der Waals surface area contributed by atoms with E-state index in [0.29, 0.717) is 11.4 Å². The Morgan fingerprint density at radius 1 is 0.532 bits per heavy atom. The second-order valence-electron chi connectivity index (χ2n) is 10.8. The Balaban J connectivity index is 0.000000555. The van der Waals surface area contributed by atoms with E-state index in [4.69, 9.17) is 13.0 Å². The molecule has 0 atom stereocenters. The molecular weight excluding hydrogens is 685 g/mol. The summed E-state index contributed by atoms with van der Waals surface area (Å²) in [6, 6.07) is 36.4. The van der Waals surface area contributed by atoms with Gasteiger partial charge in [-0.25, -0.2) is 8.42 Å². The molecule has 250 valence electrons. The van der Waals surface area contributed by atoms with E-state index in [1.807, 2.05) is 0 Å². The van der Waals surface area contributed by atoms with Gasteiger partial charge in [0.05, 0.1) is 0 Å². The van der Waals surface area contributed by atoms with Gasteiger partial charge in [0.15, 0.2) is 10.1 Å². The molecule has 0 bridgehead atoms. The van der Waals surface area contributed by atoms with Crippen molar-refractivity contribution in [1.82, 2.24) is 0 Å². The monoisotopic (exact) mass is 715 g/mol. The maximum absolute atomic E-state index is 17.2. The van der Waals surface area contributed by atoms with Crippen molar-refractivity contribution in [2.75, 3.05) is 0 Å². The number of halogens is 7. The van der Waals surface area contributed by atoms with Gasteiger partial charge in [-0.1, -0.05) is 0 Å². The molecule has 0 aliphatic rings. The number of hydrogen-bond acceptors (Lipinski definition) is 3. The normalized spacial score (nSPS) is 14.1. The molecule has 0 amide bonds. The van der Waals surface area contributed by atoms with Crippen molar-refractivity contribution in [1.29, 1.82) is 0 Å². The minimum atomic E-state index is -6.09. The maximum atomic E-state index is 17.2. The fourth-order valence-electron chi connectivity index (χ4n) is 5.11. The summed E-state index contributed by atoms with van der Waals surface area (Å²) in [6.45, 7) is 0. The third kappa shape index (κ3) is 7.57. The van der Waals surface area contributed by atoms with Crippen molar-refractivity contribution in [3.63, 3.8) is 0 Å². The Hall–Kier alpha value is -3.69. The molecule has 0 radical (unpaired) electrons. The number of hydrogen-bond donors (Lipinski definition) is 0. The standard InChI is InChI=1S/C32H30F4NP2.CHF3O3S/c1-37-27(25-38(33,34,29-17-6-2-7-18-29)30-19-8-3-9-20-30)15-14-16-28(37)26-39(35,36,31-21-10-4-11-22-31)32-23-12-5-13-24-32;2-1(3,4)8(5,6)7/h2-24H,25-26H2,1H3;(H,5,6,7)/q+1;/p-1. The van der Waals surface area contributed by atoms with Gasteiger partial charge >= 0.3 is 233 Å². The first-order valence-electron chi connectivity index (χ1n) is 14.0. The van der Waals surface area contributed by atoms with Crippen LogP contribution in [-0.4, -0.2) is 18.5 Å². The first kappa shape index (κ1) is 36.2. The molecule has 0 saturated heterocycles. The van der Waals surface area contributed by atoms with Gasteiger partial charge in [-0.2, -0.15) is 13.2 Å². The van der Waals surface area contributed by atoms with Crippen LogP contribution in [-0.2, 0) is 29.5 Å². The largest absolute Gasteiger partial charge is 0.741 e. The Labute approximate surface area is 268 Å². The fourth-order valence-corrected chi connectivity index (χ4v) is 11.2. The van der Waals surface area contributed by atoms with E-state index in [-0.39, 0.29) is 21.2 Å². The van der Waals surface area contributed by atoms with E-state index >= 15 is 16.8 Å². The average molecular weight is 716 g/mol. The molecule has 0 aliphatic heterocycles. The van der Waals surface area contributed by atoms with Gasteiger partial charge < -0.3 is 4.55 Å². The summed E-state index contributed by atoms with van der Waals surface area (Å²) in [4.78, 5) is 0. The number of pyridine rings is 1. The van der Waals surface area contributed by atoms with Crippen molar-refractivity contribution in [3.05, 3.63) is 151 Å². The molecule has 0 N–H and O–H groups in total. The number of benzene rings is 4. The number of nitrogens with zero attached hydrogens (tertiary/aromatic N) is 1. The van der Waals surface area contributed by atoms with E-state index in [2.05, 4.69) is 0 Å². The molecule has 0 saturated carbocycles. The average Bonchev–Trinajstić information content (AvgIpc) is 3.04. The summed E-state index contributed by atoms with van der Waals surface area (Å²) in [5, 5.41) is -0.0952. The van der Waals surface area contributed by atoms with Gasteiger partial charge in [0.2, 0.25) is 0 Å². The smallest absolute Gasteiger partial charge is 0.485 e. The van der Waals surface area contributed by atoms with E-state index in [0.717, 1.165) is 0 Å². The Morgan fingerprint density at radius 2 is 0.766 bits per heavy atom. The number of alkyl halides is 3. The van der Waals surface area contributed by atoms with Crippen LogP contribution in [0.3, 0.4) is 0 Å². The maximum Gasteiger partial charge on any atom is 0.485 e.